The maximum atomic E-state index is 12.1. The normalized spacial score (nSPS) is 10.4. The van der Waals surface area contributed by atoms with Crippen molar-refractivity contribution in [3.05, 3.63) is 63.6 Å². The third-order valence-electron chi connectivity index (χ3n) is 3.66. The molecule has 0 heterocycles. The van der Waals surface area contributed by atoms with Crippen LogP contribution < -0.4 is 20.3 Å². The second-order valence-corrected chi connectivity index (χ2v) is 6.50. The number of amides is 2. The van der Waals surface area contributed by atoms with Gasteiger partial charge in [-0.15, -0.1) is 0 Å². The van der Waals surface area contributed by atoms with Gasteiger partial charge in [-0.05, 0) is 42.0 Å². The highest BCUT2D eigenvalue weighted by Gasteiger charge is 2.12. The van der Waals surface area contributed by atoms with Gasteiger partial charge in [0.05, 0.1) is 24.3 Å². The Morgan fingerprint density at radius 3 is 2.33 bits per heavy atom. The van der Waals surface area contributed by atoms with Gasteiger partial charge in [0.25, 0.3) is 11.8 Å². The first-order chi connectivity index (χ1) is 14.3. The number of hydrogen-bond donors (Lipinski definition) is 2. The summed E-state index contributed by atoms with van der Waals surface area (Å²) < 4.78 is 15.0. The van der Waals surface area contributed by atoms with Crippen LogP contribution in [0.1, 0.15) is 15.9 Å². The molecule has 0 saturated carbocycles. The van der Waals surface area contributed by atoms with Crippen molar-refractivity contribution in [3.8, 4) is 11.5 Å². The number of benzene rings is 2. The number of esters is 1. The van der Waals surface area contributed by atoms with Gasteiger partial charge in [0.15, 0.2) is 18.1 Å². The van der Waals surface area contributed by atoms with Crippen molar-refractivity contribution in [2.45, 2.75) is 0 Å². The lowest BCUT2D eigenvalue weighted by atomic mass is 10.2. The highest BCUT2D eigenvalue weighted by atomic mass is 35.5. The SMILES string of the molecule is COc1ccc(C(=O)NNC(=O)COC(=O)/C=C/c2ccc(Cl)c(Cl)c2)cc1OC. The van der Waals surface area contributed by atoms with E-state index in [1.54, 1.807) is 24.3 Å². The quantitative estimate of drug-likeness (QED) is 0.380. The van der Waals surface area contributed by atoms with E-state index in [1.807, 2.05) is 0 Å². The minimum Gasteiger partial charge on any atom is -0.493 e. The lowest BCUT2D eigenvalue weighted by Crippen LogP contribution is -2.43. The maximum absolute atomic E-state index is 12.1. The topological polar surface area (TPSA) is 103 Å². The van der Waals surface area contributed by atoms with E-state index in [0.29, 0.717) is 27.1 Å². The summed E-state index contributed by atoms with van der Waals surface area (Å²) in [6, 6.07) is 9.32. The summed E-state index contributed by atoms with van der Waals surface area (Å²) in [6.07, 6.45) is 2.59. The Bertz CT molecular complexity index is 978. The highest BCUT2D eigenvalue weighted by molar-refractivity contribution is 6.42. The standard InChI is InChI=1S/C20H18Cl2N2O6/c1-28-16-7-5-13(10-17(16)29-2)20(27)24-23-18(25)11-30-19(26)8-4-12-3-6-14(21)15(22)9-12/h3-10H,11H2,1-2H3,(H,23,25)(H,24,27)/b8-4+. The molecule has 8 nitrogen and oxygen atoms in total. The van der Waals surface area contributed by atoms with E-state index in [2.05, 4.69) is 10.9 Å². The molecule has 0 aliphatic heterocycles. The molecule has 158 valence electrons. The second kappa shape index (κ2) is 11.1. The third kappa shape index (κ3) is 6.68. The van der Waals surface area contributed by atoms with E-state index in [9.17, 15) is 14.4 Å². The fourth-order valence-corrected chi connectivity index (χ4v) is 2.48. The third-order valence-corrected chi connectivity index (χ3v) is 4.40. The Morgan fingerprint density at radius 1 is 0.933 bits per heavy atom. The minimum atomic E-state index is -0.748. The van der Waals surface area contributed by atoms with Crippen LogP contribution in [0.4, 0.5) is 0 Å². The summed E-state index contributed by atoms with van der Waals surface area (Å²) in [7, 11) is 2.91. The first kappa shape index (κ1) is 23.1. The summed E-state index contributed by atoms with van der Waals surface area (Å²) in [4.78, 5) is 35.6. The number of carbonyl (C=O) groups is 3. The molecule has 0 spiro atoms. The molecular weight excluding hydrogens is 435 g/mol. The van der Waals surface area contributed by atoms with Gasteiger partial charge in [-0.1, -0.05) is 29.3 Å². The number of rotatable bonds is 7. The minimum absolute atomic E-state index is 0.231. The molecule has 0 aliphatic carbocycles. The van der Waals surface area contributed by atoms with Gasteiger partial charge in [0.2, 0.25) is 0 Å². The predicted octanol–water partition coefficient (Wildman–Crippen LogP) is 3.03. The number of methoxy groups -OCH3 is 2. The van der Waals surface area contributed by atoms with Gasteiger partial charge in [-0.3, -0.25) is 20.4 Å². The van der Waals surface area contributed by atoms with Crippen molar-refractivity contribution in [3.63, 3.8) is 0 Å². The van der Waals surface area contributed by atoms with Crippen LogP contribution in [-0.2, 0) is 14.3 Å². The predicted molar refractivity (Wildman–Crippen MR) is 112 cm³/mol. The number of hydrazine groups is 1. The summed E-state index contributed by atoms with van der Waals surface area (Å²) in [6.45, 7) is -0.587. The zero-order chi connectivity index (χ0) is 22.1. The van der Waals surface area contributed by atoms with Crippen LogP contribution >= 0.6 is 23.2 Å². The average molecular weight is 453 g/mol. The van der Waals surface area contributed by atoms with Crippen LogP contribution in [0.5, 0.6) is 11.5 Å². The average Bonchev–Trinajstić information content (AvgIpc) is 2.76. The zero-order valence-electron chi connectivity index (χ0n) is 16.0. The molecule has 2 N–H and O–H groups in total. The van der Waals surface area contributed by atoms with Crippen molar-refractivity contribution in [2.75, 3.05) is 20.8 Å². The molecule has 0 aliphatic rings. The number of hydrogen-bond acceptors (Lipinski definition) is 6. The Kier molecular flexibility index (Phi) is 8.52. The van der Waals surface area contributed by atoms with Crippen LogP contribution in [0.15, 0.2) is 42.5 Å². The van der Waals surface area contributed by atoms with E-state index >= 15 is 0 Å². The van der Waals surface area contributed by atoms with Gasteiger partial charge in [-0.25, -0.2) is 4.79 Å². The summed E-state index contributed by atoms with van der Waals surface area (Å²) in [5, 5.41) is 0.736. The van der Waals surface area contributed by atoms with Crippen molar-refractivity contribution in [1.29, 1.82) is 0 Å². The molecular formula is C20H18Cl2N2O6. The molecule has 0 atom stereocenters. The van der Waals surface area contributed by atoms with Crippen LogP contribution in [0, 0.1) is 0 Å². The summed E-state index contributed by atoms with van der Waals surface area (Å²) in [5.41, 5.74) is 5.22. The maximum Gasteiger partial charge on any atom is 0.331 e. The molecule has 0 radical (unpaired) electrons. The van der Waals surface area contributed by atoms with Gasteiger partial charge in [-0.2, -0.15) is 0 Å². The van der Waals surface area contributed by atoms with E-state index in [4.69, 9.17) is 37.4 Å². The van der Waals surface area contributed by atoms with Gasteiger partial charge < -0.3 is 14.2 Å². The van der Waals surface area contributed by atoms with Crippen LogP contribution in [0.3, 0.4) is 0 Å². The molecule has 0 aromatic heterocycles. The highest BCUT2D eigenvalue weighted by Crippen LogP contribution is 2.27. The Morgan fingerprint density at radius 2 is 1.67 bits per heavy atom. The molecule has 10 heteroatoms. The summed E-state index contributed by atoms with van der Waals surface area (Å²) >= 11 is 11.7. The Labute approximate surface area is 182 Å². The van der Waals surface area contributed by atoms with Crippen molar-refractivity contribution in [2.24, 2.45) is 0 Å². The lowest BCUT2D eigenvalue weighted by Gasteiger charge is -2.10. The van der Waals surface area contributed by atoms with Crippen molar-refractivity contribution in [1.82, 2.24) is 10.9 Å². The van der Waals surface area contributed by atoms with Crippen LogP contribution in [0.25, 0.3) is 6.08 Å². The van der Waals surface area contributed by atoms with Gasteiger partial charge >= 0.3 is 5.97 Å². The number of carbonyl (C=O) groups excluding carboxylic acids is 3. The van der Waals surface area contributed by atoms with Crippen molar-refractivity contribution >= 4 is 47.1 Å². The lowest BCUT2D eigenvalue weighted by molar-refractivity contribution is -0.144. The zero-order valence-corrected chi connectivity index (χ0v) is 17.5. The van der Waals surface area contributed by atoms with E-state index in [-0.39, 0.29) is 5.56 Å². The Hall–Kier alpha value is -3.23. The fourth-order valence-electron chi connectivity index (χ4n) is 2.18. The number of nitrogens with one attached hydrogen (secondary N) is 2. The molecule has 0 fully saturated rings. The van der Waals surface area contributed by atoms with Gasteiger partial charge in [0, 0.05) is 11.6 Å². The van der Waals surface area contributed by atoms with Crippen LogP contribution in [0.2, 0.25) is 10.0 Å². The summed E-state index contributed by atoms with van der Waals surface area (Å²) in [5.74, 6) is -1.24. The molecule has 2 rings (SSSR count). The van der Waals surface area contributed by atoms with E-state index < -0.39 is 24.4 Å². The van der Waals surface area contributed by atoms with Gasteiger partial charge in [0.1, 0.15) is 0 Å². The fraction of sp³-hybridized carbons (Fsp3) is 0.150. The first-order valence-corrected chi connectivity index (χ1v) is 9.20. The number of ether oxygens (including phenoxy) is 3. The molecule has 2 aromatic carbocycles. The monoisotopic (exact) mass is 452 g/mol. The molecule has 0 saturated heterocycles. The smallest absolute Gasteiger partial charge is 0.331 e. The molecule has 0 bridgehead atoms. The van der Waals surface area contributed by atoms with Crippen LogP contribution in [-0.4, -0.2) is 38.6 Å². The Balaban J connectivity index is 1.80. The van der Waals surface area contributed by atoms with Crippen molar-refractivity contribution < 1.29 is 28.6 Å². The van der Waals surface area contributed by atoms with E-state index in [1.165, 1.54) is 32.4 Å². The second-order valence-electron chi connectivity index (χ2n) is 5.69. The largest absolute Gasteiger partial charge is 0.493 e. The molecule has 0 unspecified atom stereocenters. The molecule has 2 amide bonds. The first-order valence-electron chi connectivity index (χ1n) is 8.45. The molecule has 30 heavy (non-hydrogen) atoms. The van der Waals surface area contributed by atoms with E-state index in [0.717, 1.165) is 6.08 Å². The molecule has 2 aromatic rings. The number of halogens is 2.